The van der Waals surface area contributed by atoms with Crippen molar-refractivity contribution < 1.29 is 9.59 Å². The maximum Gasteiger partial charge on any atom is 0.305 e. The van der Waals surface area contributed by atoms with Gasteiger partial charge in [0.25, 0.3) is 11.8 Å². The molecule has 0 bridgehead atoms. The molecule has 3 aromatic rings. The van der Waals surface area contributed by atoms with E-state index in [0.717, 1.165) is 41.8 Å². The monoisotopic (exact) mass is 428 g/mol. The first-order valence-corrected chi connectivity index (χ1v) is 10.9. The third-order valence-electron chi connectivity index (χ3n) is 5.52. The second-order valence-electron chi connectivity index (χ2n) is 7.50. The molecule has 1 saturated heterocycles. The van der Waals surface area contributed by atoms with E-state index in [-0.39, 0.29) is 16.7 Å². The van der Waals surface area contributed by atoms with E-state index in [9.17, 15) is 14.4 Å². The van der Waals surface area contributed by atoms with E-state index in [1.54, 1.807) is 17.7 Å². The van der Waals surface area contributed by atoms with Crippen LogP contribution in [0, 0.1) is 12.8 Å². The summed E-state index contributed by atoms with van der Waals surface area (Å²) in [6, 6.07) is 5.53. The molecule has 1 aliphatic heterocycles. The summed E-state index contributed by atoms with van der Waals surface area (Å²) in [4.78, 5) is 41.3. The molecule has 0 radical (unpaired) electrons. The first-order valence-electron chi connectivity index (χ1n) is 10.1. The SMILES string of the molecule is CCn1nnc2cc(C(=O)N3CCC(CCNC(=O)c4[nH]c(=O)sc4C)C3)ccc21. The van der Waals surface area contributed by atoms with Gasteiger partial charge in [-0.25, -0.2) is 4.68 Å². The molecule has 30 heavy (non-hydrogen) atoms. The zero-order valence-electron chi connectivity index (χ0n) is 17.0. The number of aryl methyl sites for hydroxylation is 2. The van der Waals surface area contributed by atoms with Crippen molar-refractivity contribution in [3.05, 3.63) is 44.0 Å². The van der Waals surface area contributed by atoms with Crippen molar-refractivity contribution in [3.63, 3.8) is 0 Å². The minimum atomic E-state index is -0.259. The number of benzene rings is 1. The zero-order valence-corrected chi connectivity index (χ0v) is 17.8. The Labute approximate surface area is 177 Å². The highest BCUT2D eigenvalue weighted by Crippen LogP contribution is 2.22. The third kappa shape index (κ3) is 4.00. The number of aromatic amines is 1. The molecule has 0 spiro atoms. The Balaban J connectivity index is 1.30. The van der Waals surface area contributed by atoms with Gasteiger partial charge in [-0.3, -0.25) is 14.4 Å². The Morgan fingerprint density at radius 3 is 2.93 bits per heavy atom. The lowest BCUT2D eigenvalue weighted by Gasteiger charge is -2.17. The molecule has 0 saturated carbocycles. The van der Waals surface area contributed by atoms with Gasteiger partial charge in [0.2, 0.25) is 0 Å². The lowest BCUT2D eigenvalue weighted by atomic mass is 10.1. The molecule has 1 fully saturated rings. The van der Waals surface area contributed by atoms with Gasteiger partial charge in [0.05, 0.1) is 5.52 Å². The fourth-order valence-electron chi connectivity index (χ4n) is 3.87. The summed E-state index contributed by atoms with van der Waals surface area (Å²) in [5.74, 6) is 0.0766. The fraction of sp³-hybridized carbons (Fsp3) is 0.450. The van der Waals surface area contributed by atoms with Crippen LogP contribution < -0.4 is 10.2 Å². The Bertz CT molecular complexity index is 1150. The average Bonchev–Trinajstić information content (AvgIpc) is 3.45. The number of thiazole rings is 1. The largest absolute Gasteiger partial charge is 0.351 e. The molecule has 1 atom stereocenters. The molecule has 9 nitrogen and oxygen atoms in total. The van der Waals surface area contributed by atoms with Gasteiger partial charge in [0.15, 0.2) is 0 Å². The quantitative estimate of drug-likeness (QED) is 0.622. The van der Waals surface area contributed by atoms with Crippen molar-refractivity contribution >= 4 is 34.2 Å². The van der Waals surface area contributed by atoms with Crippen LogP contribution in [0.1, 0.15) is 45.5 Å². The van der Waals surface area contributed by atoms with Crippen molar-refractivity contribution in [2.24, 2.45) is 5.92 Å². The number of nitrogens with zero attached hydrogens (tertiary/aromatic N) is 4. The van der Waals surface area contributed by atoms with Crippen LogP contribution in [0.3, 0.4) is 0 Å². The summed E-state index contributed by atoms with van der Waals surface area (Å²) in [5, 5.41) is 11.1. The predicted molar refractivity (Wildman–Crippen MR) is 114 cm³/mol. The van der Waals surface area contributed by atoms with E-state index in [0.29, 0.717) is 41.7 Å². The van der Waals surface area contributed by atoms with Crippen LogP contribution in [0.5, 0.6) is 0 Å². The summed E-state index contributed by atoms with van der Waals surface area (Å²) < 4.78 is 1.80. The molecule has 158 valence electrons. The van der Waals surface area contributed by atoms with Crippen LogP contribution in [0.2, 0.25) is 0 Å². The van der Waals surface area contributed by atoms with Crippen LogP contribution in [0.15, 0.2) is 23.0 Å². The third-order valence-corrected chi connectivity index (χ3v) is 6.32. The van der Waals surface area contributed by atoms with Crippen molar-refractivity contribution in [2.45, 2.75) is 33.2 Å². The summed E-state index contributed by atoms with van der Waals surface area (Å²) in [5.41, 5.74) is 2.61. The van der Waals surface area contributed by atoms with Crippen LogP contribution in [0.25, 0.3) is 11.0 Å². The topological polar surface area (TPSA) is 113 Å². The summed E-state index contributed by atoms with van der Waals surface area (Å²) >= 11 is 1.04. The van der Waals surface area contributed by atoms with Crippen molar-refractivity contribution in [1.82, 2.24) is 30.2 Å². The van der Waals surface area contributed by atoms with Gasteiger partial charge in [-0.15, -0.1) is 5.10 Å². The molecule has 2 N–H and O–H groups in total. The molecule has 1 aromatic carbocycles. The minimum Gasteiger partial charge on any atom is -0.351 e. The lowest BCUT2D eigenvalue weighted by Crippen LogP contribution is -2.30. The average molecular weight is 429 g/mol. The molecule has 0 aliphatic carbocycles. The molecule has 1 unspecified atom stereocenters. The summed E-state index contributed by atoms with van der Waals surface area (Å²) in [7, 11) is 0. The maximum absolute atomic E-state index is 12.9. The lowest BCUT2D eigenvalue weighted by molar-refractivity contribution is 0.0785. The summed E-state index contributed by atoms with van der Waals surface area (Å²) in [6.45, 7) is 6.36. The number of nitrogens with one attached hydrogen (secondary N) is 2. The molecule has 4 rings (SSSR count). The number of fused-ring (bicyclic) bond motifs is 1. The van der Waals surface area contributed by atoms with Crippen LogP contribution in [-0.4, -0.2) is 56.3 Å². The normalized spacial score (nSPS) is 16.3. The van der Waals surface area contributed by atoms with Crippen LogP contribution in [0.4, 0.5) is 0 Å². The Hall–Kier alpha value is -3.01. The van der Waals surface area contributed by atoms with Gasteiger partial charge < -0.3 is 15.2 Å². The van der Waals surface area contributed by atoms with E-state index >= 15 is 0 Å². The predicted octanol–water partition coefficient (Wildman–Crippen LogP) is 1.79. The van der Waals surface area contributed by atoms with Gasteiger partial charge in [-0.1, -0.05) is 16.6 Å². The number of likely N-dealkylation sites (tertiary alicyclic amines) is 1. The molecule has 2 aromatic heterocycles. The van der Waals surface area contributed by atoms with E-state index < -0.39 is 0 Å². The van der Waals surface area contributed by atoms with E-state index in [1.165, 1.54) is 0 Å². The molecule has 2 amide bonds. The van der Waals surface area contributed by atoms with E-state index in [2.05, 4.69) is 20.6 Å². The Kier molecular flexibility index (Phi) is 5.67. The van der Waals surface area contributed by atoms with Crippen molar-refractivity contribution in [1.29, 1.82) is 0 Å². The number of aromatic nitrogens is 4. The standard InChI is InChI=1S/C20H24N6O3S/c1-3-26-16-5-4-14(10-15(16)23-24-26)19(28)25-9-7-13(11-25)6-8-21-18(27)17-12(2)30-20(29)22-17/h4-5,10,13H,3,6-9,11H2,1-2H3,(H,21,27)(H,22,29). The molecule has 3 heterocycles. The van der Waals surface area contributed by atoms with Crippen LogP contribution >= 0.6 is 11.3 Å². The van der Waals surface area contributed by atoms with Gasteiger partial charge in [-0.05, 0) is 50.8 Å². The second-order valence-corrected chi connectivity index (χ2v) is 8.69. The number of hydrogen-bond acceptors (Lipinski definition) is 6. The first-order chi connectivity index (χ1) is 14.5. The van der Waals surface area contributed by atoms with Crippen molar-refractivity contribution in [2.75, 3.05) is 19.6 Å². The molecular formula is C20H24N6O3S. The number of carbonyl (C=O) groups excluding carboxylic acids is 2. The van der Waals surface area contributed by atoms with Crippen molar-refractivity contribution in [3.8, 4) is 0 Å². The summed E-state index contributed by atoms with van der Waals surface area (Å²) in [6.07, 6.45) is 1.69. The number of carbonyl (C=O) groups is 2. The highest BCUT2D eigenvalue weighted by molar-refractivity contribution is 7.09. The van der Waals surface area contributed by atoms with Gasteiger partial charge in [0, 0.05) is 36.6 Å². The first kappa shape index (κ1) is 20.3. The van der Waals surface area contributed by atoms with E-state index in [4.69, 9.17) is 0 Å². The minimum absolute atomic E-state index is 0.000886. The number of H-pyrrole nitrogens is 1. The van der Waals surface area contributed by atoms with E-state index in [1.807, 2.05) is 24.0 Å². The van der Waals surface area contributed by atoms with Gasteiger partial charge >= 0.3 is 4.87 Å². The fourth-order valence-corrected chi connectivity index (χ4v) is 4.55. The second kappa shape index (κ2) is 8.39. The highest BCUT2D eigenvalue weighted by Gasteiger charge is 2.27. The molecule has 1 aliphatic rings. The highest BCUT2D eigenvalue weighted by atomic mass is 32.1. The molecule has 10 heteroatoms. The number of rotatable bonds is 6. The van der Waals surface area contributed by atoms with Crippen LogP contribution in [-0.2, 0) is 6.54 Å². The van der Waals surface area contributed by atoms with Gasteiger partial charge in [-0.2, -0.15) is 0 Å². The number of amides is 2. The maximum atomic E-state index is 12.9. The molecular weight excluding hydrogens is 404 g/mol. The number of hydrogen-bond donors (Lipinski definition) is 2. The van der Waals surface area contributed by atoms with Gasteiger partial charge in [0.1, 0.15) is 11.2 Å². The Morgan fingerprint density at radius 2 is 2.20 bits per heavy atom. The zero-order chi connectivity index (χ0) is 21.3. The Morgan fingerprint density at radius 1 is 1.37 bits per heavy atom. The smallest absolute Gasteiger partial charge is 0.305 e.